The van der Waals surface area contributed by atoms with E-state index in [0.29, 0.717) is 31.2 Å². The van der Waals surface area contributed by atoms with Gasteiger partial charge in [-0.1, -0.05) is 0 Å². The van der Waals surface area contributed by atoms with Gasteiger partial charge in [-0.3, -0.25) is 4.79 Å². The maximum atomic E-state index is 13.6. The maximum absolute atomic E-state index is 13.6. The van der Waals surface area contributed by atoms with E-state index in [4.69, 9.17) is 4.74 Å². The molecule has 1 aromatic rings. The van der Waals surface area contributed by atoms with Gasteiger partial charge >= 0.3 is 0 Å². The summed E-state index contributed by atoms with van der Waals surface area (Å²) in [4.78, 5) is 14.3. The van der Waals surface area contributed by atoms with Crippen LogP contribution in [0.15, 0.2) is 23.1 Å². The van der Waals surface area contributed by atoms with Gasteiger partial charge in [0.05, 0.1) is 12.2 Å². The van der Waals surface area contributed by atoms with Gasteiger partial charge in [0, 0.05) is 24.6 Å². The third kappa shape index (κ3) is 2.98. The van der Waals surface area contributed by atoms with Crippen LogP contribution in [0.1, 0.15) is 16.8 Å². The SMILES string of the molecule is O=C(c1cc(S)ccc1F)N1CCCOCC1. The van der Waals surface area contributed by atoms with Gasteiger partial charge < -0.3 is 9.64 Å². The summed E-state index contributed by atoms with van der Waals surface area (Å²) < 4.78 is 18.8. The van der Waals surface area contributed by atoms with E-state index in [2.05, 4.69) is 12.6 Å². The molecule has 1 fully saturated rings. The first-order valence-corrected chi connectivity index (χ1v) is 5.99. The van der Waals surface area contributed by atoms with Crippen LogP contribution < -0.4 is 0 Å². The van der Waals surface area contributed by atoms with Crippen molar-refractivity contribution >= 4 is 18.5 Å². The third-order valence-corrected chi connectivity index (χ3v) is 2.97. The smallest absolute Gasteiger partial charge is 0.256 e. The van der Waals surface area contributed by atoms with Crippen molar-refractivity contribution in [3.8, 4) is 0 Å². The average molecular weight is 255 g/mol. The Morgan fingerprint density at radius 2 is 2.18 bits per heavy atom. The van der Waals surface area contributed by atoms with E-state index < -0.39 is 5.82 Å². The zero-order chi connectivity index (χ0) is 12.3. The number of rotatable bonds is 1. The summed E-state index contributed by atoms with van der Waals surface area (Å²) in [6.45, 7) is 2.27. The lowest BCUT2D eigenvalue weighted by atomic mass is 10.2. The van der Waals surface area contributed by atoms with Gasteiger partial charge in [0.25, 0.3) is 5.91 Å². The van der Waals surface area contributed by atoms with Crippen molar-refractivity contribution < 1.29 is 13.9 Å². The molecule has 1 heterocycles. The first kappa shape index (κ1) is 12.4. The Labute approximate surface area is 105 Å². The molecule has 5 heteroatoms. The van der Waals surface area contributed by atoms with Crippen LogP contribution in [-0.2, 0) is 4.74 Å². The van der Waals surface area contributed by atoms with E-state index in [1.165, 1.54) is 18.2 Å². The summed E-state index contributed by atoms with van der Waals surface area (Å²) in [6, 6.07) is 4.26. The van der Waals surface area contributed by atoms with Crippen molar-refractivity contribution in [1.82, 2.24) is 4.90 Å². The lowest BCUT2D eigenvalue weighted by Gasteiger charge is -2.20. The molecule has 1 saturated heterocycles. The number of nitrogens with zero attached hydrogens (tertiary/aromatic N) is 1. The second-order valence-electron chi connectivity index (χ2n) is 3.92. The van der Waals surface area contributed by atoms with Gasteiger partial charge in [-0.25, -0.2) is 4.39 Å². The number of hydrogen-bond acceptors (Lipinski definition) is 3. The molecular weight excluding hydrogens is 241 g/mol. The summed E-state index contributed by atoms with van der Waals surface area (Å²) in [7, 11) is 0. The fourth-order valence-electron chi connectivity index (χ4n) is 1.80. The molecule has 0 aliphatic carbocycles. The standard InChI is InChI=1S/C12H14FNO2S/c13-11-3-2-9(17)8-10(11)12(15)14-4-1-6-16-7-5-14/h2-3,8,17H,1,4-7H2. The van der Waals surface area contributed by atoms with Crippen molar-refractivity contribution in [3.63, 3.8) is 0 Å². The molecule has 3 nitrogen and oxygen atoms in total. The van der Waals surface area contributed by atoms with E-state index in [-0.39, 0.29) is 11.5 Å². The van der Waals surface area contributed by atoms with Gasteiger partial charge in [-0.2, -0.15) is 0 Å². The zero-order valence-electron chi connectivity index (χ0n) is 9.36. The normalized spacial score (nSPS) is 16.7. The highest BCUT2D eigenvalue weighted by atomic mass is 32.1. The summed E-state index contributed by atoms with van der Waals surface area (Å²) >= 11 is 4.12. The molecule has 1 aliphatic rings. The Balaban J connectivity index is 2.20. The Morgan fingerprint density at radius 3 is 3.00 bits per heavy atom. The van der Waals surface area contributed by atoms with Crippen LogP contribution in [0.25, 0.3) is 0 Å². The van der Waals surface area contributed by atoms with Crippen molar-refractivity contribution in [1.29, 1.82) is 0 Å². The van der Waals surface area contributed by atoms with E-state index in [1.807, 2.05) is 0 Å². The number of thiol groups is 1. The van der Waals surface area contributed by atoms with Crippen LogP contribution in [0.3, 0.4) is 0 Å². The van der Waals surface area contributed by atoms with Crippen LogP contribution in [0, 0.1) is 5.82 Å². The predicted molar refractivity (Wildman–Crippen MR) is 65.0 cm³/mol. The molecule has 2 rings (SSSR count). The van der Waals surface area contributed by atoms with Crippen molar-refractivity contribution in [2.45, 2.75) is 11.3 Å². The summed E-state index contributed by atoms with van der Waals surface area (Å²) in [6.07, 6.45) is 0.786. The highest BCUT2D eigenvalue weighted by Crippen LogP contribution is 2.16. The predicted octanol–water partition coefficient (Wildman–Crippen LogP) is 1.98. The van der Waals surface area contributed by atoms with Crippen LogP contribution >= 0.6 is 12.6 Å². The molecule has 0 atom stereocenters. The van der Waals surface area contributed by atoms with E-state index >= 15 is 0 Å². The second-order valence-corrected chi connectivity index (χ2v) is 4.44. The van der Waals surface area contributed by atoms with Crippen LogP contribution in [0.4, 0.5) is 4.39 Å². The van der Waals surface area contributed by atoms with Crippen LogP contribution in [0.5, 0.6) is 0 Å². The number of carbonyl (C=O) groups is 1. The van der Waals surface area contributed by atoms with E-state index in [1.54, 1.807) is 4.90 Å². The Bertz CT molecular complexity index is 417. The summed E-state index contributed by atoms with van der Waals surface area (Å²) in [5.41, 5.74) is 0.0828. The first-order valence-electron chi connectivity index (χ1n) is 5.54. The fraction of sp³-hybridized carbons (Fsp3) is 0.417. The lowest BCUT2D eigenvalue weighted by Crippen LogP contribution is -2.33. The van der Waals surface area contributed by atoms with Gasteiger partial charge in [0.15, 0.2) is 0 Å². The lowest BCUT2D eigenvalue weighted by molar-refractivity contribution is 0.0736. The van der Waals surface area contributed by atoms with Gasteiger partial charge in [-0.05, 0) is 24.6 Å². The molecule has 0 spiro atoms. The highest BCUT2D eigenvalue weighted by molar-refractivity contribution is 7.80. The second kappa shape index (κ2) is 5.51. The molecule has 1 aromatic carbocycles. The molecule has 1 amide bonds. The van der Waals surface area contributed by atoms with Crippen molar-refractivity contribution in [3.05, 3.63) is 29.6 Å². The minimum absolute atomic E-state index is 0.0828. The number of ether oxygens (including phenoxy) is 1. The minimum atomic E-state index is -0.502. The van der Waals surface area contributed by atoms with Crippen LogP contribution in [0.2, 0.25) is 0 Å². The van der Waals surface area contributed by atoms with Crippen molar-refractivity contribution in [2.75, 3.05) is 26.3 Å². The molecule has 17 heavy (non-hydrogen) atoms. The molecule has 1 aliphatic heterocycles. The Hall–Kier alpha value is -1.07. The molecular formula is C12H14FNO2S. The number of amides is 1. The average Bonchev–Trinajstić information content (AvgIpc) is 2.60. The molecule has 0 aromatic heterocycles. The summed E-state index contributed by atoms with van der Waals surface area (Å²) in [5.74, 6) is -0.790. The summed E-state index contributed by atoms with van der Waals surface area (Å²) in [5, 5.41) is 0. The third-order valence-electron chi connectivity index (χ3n) is 2.69. The quantitative estimate of drug-likeness (QED) is 0.778. The van der Waals surface area contributed by atoms with E-state index in [9.17, 15) is 9.18 Å². The Kier molecular flexibility index (Phi) is 4.02. The highest BCUT2D eigenvalue weighted by Gasteiger charge is 2.20. The monoisotopic (exact) mass is 255 g/mol. The molecule has 0 saturated carbocycles. The number of halogens is 1. The van der Waals surface area contributed by atoms with E-state index in [0.717, 1.165) is 6.42 Å². The van der Waals surface area contributed by atoms with Gasteiger partial charge in [0.1, 0.15) is 5.82 Å². The zero-order valence-corrected chi connectivity index (χ0v) is 10.3. The molecule has 92 valence electrons. The number of hydrogen-bond donors (Lipinski definition) is 1. The molecule has 0 radical (unpaired) electrons. The maximum Gasteiger partial charge on any atom is 0.256 e. The molecule has 0 N–H and O–H groups in total. The molecule has 0 unspecified atom stereocenters. The first-order chi connectivity index (χ1) is 8.18. The van der Waals surface area contributed by atoms with Gasteiger partial charge in [0.2, 0.25) is 0 Å². The van der Waals surface area contributed by atoms with Crippen LogP contribution in [-0.4, -0.2) is 37.1 Å². The number of benzene rings is 1. The largest absolute Gasteiger partial charge is 0.380 e. The topological polar surface area (TPSA) is 29.5 Å². The molecule has 0 bridgehead atoms. The van der Waals surface area contributed by atoms with Crippen molar-refractivity contribution in [2.24, 2.45) is 0 Å². The fourth-order valence-corrected chi connectivity index (χ4v) is 2.00. The minimum Gasteiger partial charge on any atom is -0.380 e. The Morgan fingerprint density at radius 1 is 1.35 bits per heavy atom. The number of carbonyl (C=O) groups excluding carboxylic acids is 1. The van der Waals surface area contributed by atoms with Gasteiger partial charge in [-0.15, -0.1) is 12.6 Å².